The summed E-state index contributed by atoms with van der Waals surface area (Å²) in [5.74, 6) is -0.377. The van der Waals surface area contributed by atoms with Gasteiger partial charge in [0, 0.05) is 23.9 Å². The molecule has 2 bridgehead atoms. The van der Waals surface area contributed by atoms with Crippen LogP contribution in [0.5, 0.6) is 11.5 Å². The van der Waals surface area contributed by atoms with E-state index in [0.717, 1.165) is 11.1 Å². The first kappa shape index (κ1) is 21.2. The Morgan fingerprint density at radius 3 is 2.58 bits per heavy atom. The Morgan fingerprint density at radius 1 is 1.06 bits per heavy atom. The van der Waals surface area contributed by atoms with Gasteiger partial charge in [0.1, 0.15) is 19.0 Å². The van der Waals surface area contributed by atoms with Crippen LogP contribution in [0, 0.1) is 0 Å². The maximum atomic E-state index is 13.4. The molecule has 0 saturated heterocycles. The fourth-order valence-electron chi connectivity index (χ4n) is 4.39. The molecule has 1 aromatic heterocycles. The number of aromatic nitrogens is 1. The number of aromatic hydroxyl groups is 1. The molecule has 3 heterocycles. The zero-order chi connectivity index (χ0) is 23.2. The van der Waals surface area contributed by atoms with Gasteiger partial charge in [-0.05, 0) is 24.6 Å². The van der Waals surface area contributed by atoms with Crippen molar-refractivity contribution in [1.82, 2.24) is 9.58 Å². The first-order valence-electron chi connectivity index (χ1n) is 10.6. The molecule has 33 heavy (non-hydrogen) atoms. The second-order valence-corrected chi connectivity index (χ2v) is 8.70. The van der Waals surface area contributed by atoms with E-state index in [4.69, 9.17) is 17.4 Å². The van der Waals surface area contributed by atoms with Gasteiger partial charge in [-0.25, -0.2) is 0 Å². The van der Waals surface area contributed by atoms with E-state index < -0.39 is 22.0 Å². The van der Waals surface area contributed by atoms with Crippen molar-refractivity contribution in [3.8, 4) is 11.5 Å². The van der Waals surface area contributed by atoms with Crippen LogP contribution in [0.4, 0.5) is 0 Å². The van der Waals surface area contributed by atoms with Gasteiger partial charge in [0.05, 0.1) is 0 Å². The average Bonchev–Trinajstić information content (AvgIpc) is 2.85. The van der Waals surface area contributed by atoms with E-state index in [2.05, 4.69) is 0 Å². The van der Waals surface area contributed by atoms with Gasteiger partial charge in [-0.1, -0.05) is 54.6 Å². The molecule has 8 heteroatoms. The number of fused-ring (bicyclic) bond motifs is 5. The van der Waals surface area contributed by atoms with Gasteiger partial charge in [0.15, 0.2) is 16.3 Å². The summed E-state index contributed by atoms with van der Waals surface area (Å²) >= 11 is 5.25. The van der Waals surface area contributed by atoms with Gasteiger partial charge >= 0.3 is 0 Å². The summed E-state index contributed by atoms with van der Waals surface area (Å²) < 4.78 is 7.64. The molecule has 1 amide bonds. The molecule has 0 unspecified atom stereocenters. The number of thiol groups is 1. The predicted molar refractivity (Wildman–Crippen MR) is 128 cm³/mol. The molecule has 0 spiro atoms. The van der Waals surface area contributed by atoms with Crippen molar-refractivity contribution >= 4 is 18.5 Å². The molecule has 2 atom stereocenters. The van der Waals surface area contributed by atoms with E-state index in [-0.39, 0.29) is 18.4 Å². The number of hydrogen-bond donors (Lipinski definition) is 2. The quantitative estimate of drug-likeness (QED) is 0.430. The van der Waals surface area contributed by atoms with Gasteiger partial charge in [0.2, 0.25) is 5.43 Å². The van der Waals surface area contributed by atoms with Crippen LogP contribution in [0.15, 0.2) is 83.8 Å². The Morgan fingerprint density at radius 2 is 1.79 bits per heavy atom. The second kappa shape index (κ2) is 8.04. The maximum absolute atomic E-state index is 13.4. The van der Waals surface area contributed by atoms with Crippen LogP contribution in [-0.2, 0) is 4.87 Å². The van der Waals surface area contributed by atoms with Gasteiger partial charge in [-0.15, -0.1) is 12.6 Å². The number of rotatable bonds is 1. The molecule has 2 aliphatic rings. The molecular weight excluding hydrogens is 438 g/mol. The molecular formula is C25H23N3O4S. The minimum Gasteiger partial charge on any atom is -0.502 e. The summed E-state index contributed by atoms with van der Waals surface area (Å²) in [5, 5.41) is 12.5. The topological polar surface area (TPSA) is 75.0 Å². The number of nitrogens with zero attached hydrogens (tertiary/aromatic N) is 3. The fraction of sp³-hybridized carbons (Fsp3) is 0.200. The Labute approximate surface area is 196 Å². The maximum Gasteiger partial charge on any atom is 0.278 e. The predicted octanol–water partition coefficient (Wildman–Crippen LogP) is 3.07. The van der Waals surface area contributed by atoms with Crippen LogP contribution in [0.2, 0.25) is 0 Å². The van der Waals surface area contributed by atoms with Crippen molar-refractivity contribution < 1.29 is 14.6 Å². The monoisotopic (exact) mass is 461 g/mol. The molecule has 1 N–H and O–H groups in total. The lowest BCUT2D eigenvalue weighted by Gasteiger charge is -2.49. The standard InChI is InChI=1S/C25H23N3O4S/c1-17-8-7-15-32-21-12-6-5-11-19(21)25(33,18-9-3-2-4-10-18)28-16-26(17)24(31)22-23(30)20(29)13-14-27(22)28/h2-14,17,30,33H,15-16H2,1H3/b8-7+/t17-,25-/m0/s1. The number of hydrogen-bond acceptors (Lipinski definition) is 6. The third kappa shape index (κ3) is 3.29. The first-order valence-corrected chi connectivity index (χ1v) is 11.1. The molecule has 5 rings (SSSR count). The number of benzene rings is 2. The van der Waals surface area contributed by atoms with Crippen LogP contribution in [0.1, 0.15) is 28.5 Å². The number of carbonyl (C=O) groups excluding carboxylic acids is 1. The van der Waals surface area contributed by atoms with Gasteiger partial charge in [-0.2, -0.15) is 0 Å². The van der Waals surface area contributed by atoms with E-state index in [1.54, 1.807) is 4.90 Å². The number of ether oxygens (including phenoxy) is 1. The van der Waals surface area contributed by atoms with Gasteiger partial charge in [0.25, 0.3) is 5.91 Å². The fourth-order valence-corrected chi connectivity index (χ4v) is 4.88. The smallest absolute Gasteiger partial charge is 0.278 e. The van der Waals surface area contributed by atoms with Gasteiger partial charge in [-0.3, -0.25) is 19.3 Å². The highest BCUT2D eigenvalue weighted by atomic mass is 32.1. The minimum atomic E-state index is -1.11. The number of pyridine rings is 1. The van der Waals surface area contributed by atoms with Crippen LogP contribution < -0.4 is 15.2 Å². The SMILES string of the molecule is C[C@H]1/C=C/COc2ccccc2[C@@](S)(c2ccccc2)N2CN1C(=O)c1c(O)c(=O)ccn12. The van der Waals surface area contributed by atoms with Crippen LogP contribution in [0.25, 0.3) is 0 Å². The highest BCUT2D eigenvalue weighted by Crippen LogP contribution is 2.45. The van der Waals surface area contributed by atoms with E-state index in [1.807, 2.05) is 78.7 Å². The third-order valence-electron chi connectivity index (χ3n) is 6.12. The molecule has 0 saturated carbocycles. The summed E-state index contributed by atoms with van der Waals surface area (Å²) in [7, 11) is 0. The summed E-state index contributed by atoms with van der Waals surface area (Å²) in [6, 6.07) is 18.2. The van der Waals surface area contributed by atoms with Crippen LogP contribution in [0.3, 0.4) is 0 Å². The molecule has 168 valence electrons. The number of para-hydroxylation sites is 1. The van der Waals surface area contributed by atoms with E-state index in [9.17, 15) is 14.7 Å². The Kier molecular flexibility index (Phi) is 5.17. The Bertz CT molecular complexity index is 1310. The summed E-state index contributed by atoms with van der Waals surface area (Å²) in [6.07, 6.45) is 5.24. The normalized spacial score (nSPS) is 23.1. The van der Waals surface area contributed by atoms with Crippen molar-refractivity contribution in [1.29, 1.82) is 0 Å². The zero-order valence-electron chi connectivity index (χ0n) is 18.0. The van der Waals surface area contributed by atoms with Crippen LogP contribution >= 0.6 is 12.6 Å². The Hall–Kier alpha value is -3.65. The lowest BCUT2D eigenvalue weighted by atomic mass is 9.95. The van der Waals surface area contributed by atoms with Crippen molar-refractivity contribution in [2.45, 2.75) is 17.8 Å². The molecule has 2 aromatic carbocycles. The van der Waals surface area contributed by atoms with Crippen LogP contribution in [-0.4, -0.2) is 39.9 Å². The first-order chi connectivity index (χ1) is 15.9. The van der Waals surface area contributed by atoms with Crippen molar-refractivity contribution in [2.24, 2.45) is 0 Å². The summed E-state index contributed by atoms with van der Waals surface area (Å²) in [4.78, 5) is 26.2. The van der Waals surface area contributed by atoms with Crippen molar-refractivity contribution in [3.05, 3.63) is 106 Å². The lowest BCUT2D eigenvalue weighted by Crippen LogP contribution is -2.62. The third-order valence-corrected chi connectivity index (χ3v) is 6.85. The number of amides is 1. The largest absolute Gasteiger partial charge is 0.502 e. The van der Waals surface area contributed by atoms with Crippen molar-refractivity contribution in [2.75, 3.05) is 18.3 Å². The van der Waals surface area contributed by atoms with Crippen molar-refractivity contribution in [3.63, 3.8) is 0 Å². The molecule has 7 nitrogen and oxygen atoms in total. The zero-order valence-corrected chi connectivity index (χ0v) is 18.9. The molecule has 2 aliphatic heterocycles. The lowest BCUT2D eigenvalue weighted by molar-refractivity contribution is 0.0638. The highest BCUT2D eigenvalue weighted by Gasteiger charge is 2.46. The van der Waals surface area contributed by atoms with E-state index in [0.29, 0.717) is 12.4 Å². The molecule has 0 fully saturated rings. The molecule has 0 radical (unpaired) electrons. The van der Waals surface area contributed by atoms with Gasteiger partial charge < -0.3 is 14.7 Å². The summed E-state index contributed by atoms with van der Waals surface area (Å²) in [6.45, 7) is 2.36. The second-order valence-electron chi connectivity index (χ2n) is 8.05. The van der Waals surface area contributed by atoms with E-state index >= 15 is 0 Å². The number of carbonyl (C=O) groups is 1. The summed E-state index contributed by atoms with van der Waals surface area (Å²) in [5.41, 5.74) is 0.890. The molecule has 3 aromatic rings. The minimum absolute atomic E-state index is 0.0963. The highest BCUT2D eigenvalue weighted by molar-refractivity contribution is 7.81. The molecule has 0 aliphatic carbocycles. The average molecular weight is 462 g/mol. The Balaban J connectivity index is 1.87. The van der Waals surface area contributed by atoms with E-state index in [1.165, 1.54) is 16.9 Å².